The average Bonchev–Trinajstić information content (AvgIpc) is 2.73. The lowest BCUT2D eigenvalue weighted by molar-refractivity contribution is -0.0331. The summed E-state index contributed by atoms with van der Waals surface area (Å²) >= 11 is 0. The summed E-state index contributed by atoms with van der Waals surface area (Å²) in [5.74, 6) is 0. The predicted molar refractivity (Wildman–Crippen MR) is 96.2 cm³/mol. The Morgan fingerprint density at radius 2 is 1.76 bits per heavy atom. The molecule has 3 atom stereocenters. The van der Waals surface area contributed by atoms with Gasteiger partial charge in [0.1, 0.15) is 11.8 Å². The first-order chi connectivity index (χ1) is 11.6. The first kappa shape index (κ1) is 18.2. The minimum absolute atomic E-state index is 0.0106. The Balaban J connectivity index is 1.81. The lowest BCUT2D eigenvalue weighted by atomic mass is 9.89. The number of hydrogen-bond donors (Lipinski definition) is 0. The molecule has 0 radical (unpaired) electrons. The number of carbonyl (C=O) groups is 1. The van der Waals surface area contributed by atoms with Gasteiger partial charge in [0.2, 0.25) is 0 Å². The van der Waals surface area contributed by atoms with E-state index in [4.69, 9.17) is 4.74 Å². The first-order valence-electron chi connectivity index (χ1n) is 9.05. The number of halogens is 1. The maximum Gasteiger partial charge on any atom is 0.410 e. The van der Waals surface area contributed by atoms with Crippen LogP contribution in [0.25, 0.3) is 0 Å². The fourth-order valence-electron chi connectivity index (χ4n) is 4.24. The van der Waals surface area contributed by atoms with Crippen LogP contribution in [0.2, 0.25) is 0 Å². The number of piperazine rings is 1. The summed E-state index contributed by atoms with van der Waals surface area (Å²) in [7, 11) is 0. The van der Waals surface area contributed by atoms with Crippen LogP contribution in [-0.4, -0.2) is 52.8 Å². The molecule has 0 N–H and O–H groups in total. The lowest BCUT2D eigenvalue weighted by Crippen LogP contribution is -2.61. The van der Waals surface area contributed by atoms with E-state index in [0.29, 0.717) is 19.5 Å². The molecule has 0 aromatic heterocycles. The zero-order chi connectivity index (χ0) is 18.4. The summed E-state index contributed by atoms with van der Waals surface area (Å²) < 4.78 is 20.2. The highest BCUT2D eigenvalue weighted by Crippen LogP contribution is 2.42. The molecule has 3 unspecified atom stereocenters. The van der Waals surface area contributed by atoms with Crippen molar-refractivity contribution >= 4 is 6.09 Å². The van der Waals surface area contributed by atoms with Crippen LogP contribution in [0.3, 0.4) is 0 Å². The maximum atomic E-state index is 14.7. The van der Waals surface area contributed by atoms with E-state index in [0.717, 1.165) is 0 Å². The number of hydrogen-bond acceptors (Lipinski definition) is 3. The van der Waals surface area contributed by atoms with Gasteiger partial charge in [-0.3, -0.25) is 4.90 Å². The quantitative estimate of drug-likeness (QED) is 0.811. The smallest absolute Gasteiger partial charge is 0.410 e. The normalized spacial score (nSPS) is 27.4. The molecule has 0 spiro atoms. The van der Waals surface area contributed by atoms with E-state index in [1.807, 2.05) is 39.0 Å². The van der Waals surface area contributed by atoms with E-state index in [1.54, 1.807) is 4.90 Å². The number of fused-ring (bicyclic) bond motifs is 2. The summed E-state index contributed by atoms with van der Waals surface area (Å²) in [6.45, 7) is 10.7. The Morgan fingerprint density at radius 3 is 2.32 bits per heavy atom. The molecular formula is C20H29FN2O2. The highest BCUT2D eigenvalue weighted by Gasteiger charge is 2.53. The summed E-state index contributed by atoms with van der Waals surface area (Å²) in [6.07, 6.45) is -0.783. The summed E-state index contributed by atoms with van der Waals surface area (Å²) in [6, 6.07) is 9.93. The molecule has 138 valence electrons. The van der Waals surface area contributed by atoms with Gasteiger partial charge in [0.15, 0.2) is 0 Å². The van der Waals surface area contributed by atoms with Crippen molar-refractivity contribution in [2.75, 3.05) is 13.1 Å². The minimum atomic E-state index is -0.916. The summed E-state index contributed by atoms with van der Waals surface area (Å²) in [5, 5.41) is 0. The minimum Gasteiger partial charge on any atom is -0.444 e. The third kappa shape index (κ3) is 3.52. The van der Waals surface area contributed by atoms with E-state index in [-0.39, 0.29) is 23.7 Å². The molecular weight excluding hydrogens is 319 g/mol. The van der Waals surface area contributed by atoms with Crippen LogP contribution in [-0.2, 0) is 10.3 Å². The fourth-order valence-corrected chi connectivity index (χ4v) is 4.24. The van der Waals surface area contributed by atoms with Crippen molar-refractivity contribution in [2.45, 2.75) is 70.4 Å². The van der Waals surface area contributed by atoms with Gasteiger partial charge >= 0.3 is 6.09 Å². The standard InChI is InChI=1S/C20H29FN2O2/c1-19(2,3)25-18(24)22-12-15-11-16(21)17(13-22)23(15)20(4,5)14-9-7-6-8-10-14/h6-10,15-17H,11-13H2,1-5H3. The van der Waals surface area contributed by atoms with Crippen LogP contribution < -0.4 is 0 Å². The van der Waals surface area contributed by atoms with Crippen molar-refractivity contribution < 1.29 is 13.9 Å². The Bertz CT molecular complexity index is 626. The highest BCUT2D eigenvalue weighted by molar-refractivity contribution is 5.68. The Kier molecular flexibility index (Phi) is 4.56. The van der Waals surface area contributed by atoms with Crippen LogP contribution in [0.5, 0.6) is 0 Å². The number of carbonyl (C=O) groups excluding carboxylic acids is 1. The molecule has 1 aromatic carbocycles. The second kappa shape index (κ2) is 6.27. The molecule has 5 heteroatoms. The molecule has 0 aliphatic carbocycles. The SMILES string of the molecule is CC(C)(C)OC(=O)N1CC2CC(F)C(C1)N2C(C)(C)c1ccccc1. The van der Waals surface area contributed by atoms with Gasteiger partial charge in [-0.1, -0.05) is 30.3 Å². The molecule has 0 saturated carbocycles. The molecule has 1 aromatic rings. The van der Waals surface area contributed by atoms with Gasteiger partial charge in [-0.2, -0.15) is 0 Å². The van der Waals surface area contributed by atoms with E-state index < -0.39 is 11.8 Å². The van der Waals surface area contributed by atoms with Crippen LogP contribution >= 0.6 is 0 Å². The molecule has 2 bridgehead atoms. The highest BCUT2D eigenvalue weighted by atomic mass is 19.1. The van der Waals surface area contributed by atoms with Crippen LogP contribution in [0.15, 0.2) is 30.3 Å². The van der Waals surface area contributed by atoms with E-state index >= 15 is 0 Å². The van der Waals surface area contributed by atoms with E-state index in [9.17, 15) is 9.18 Å². The Labute approximate surface area is 149 Å². The van der Waals surface area contributed by atoms with Gasteiger partial charge < -0.3 is 9.64 Å². The first-order valence-corrected chi connectivity index (χ1v) is 9.05. The number of amides is 1. The molecule has 2 aliphatic heterocycles. The van der Waals surface area contributed by atoms with Gasteiger partial charge in [-0.25, -0.2) is 9.18 Å². The van der Waals surface area contributed by atoms with Crippen LogP contribution in [0.4, 0.5) is 9.18 Å². The van der Waals surface area contributed by atoms with E-state index in [1.165, 1.54) is 5.56 Å². The zero-order valence-corrected chi connectivity index (χ0v) is 15.8. The third-order valence-electron chi connectivity index (χ3n) is 5.28. The molecule has 3 rings (SSSR count). The average molecular weight is 348 g/mol. The number of ether oxygens (including phenoxy) is 1. The van der Waals surface area contributed by atoms with Crippen molar-refractivity contribution in [1.29, 1.82) is 0 Å². The van der Waals surface area contributed by atoms with Gasteiger partial charge in [0.25, 0.3) is 0 Å². The second-order valence-corrected chi connectivity index (χ2v) is 8.69. The molecule has 2 aliphatic rings. The van der Waals surface area contributed by atoms with Crippen molar-refractivity contribution in [2.24, 2.45) is 0 Å². The monoisotopic (exact) mass is 348 g/mol. The summed E-state index contributed by atoms with van der Waals surface area (Å²) in [4.78, 5) is 16.4. The van der Waals surface area contributed by atoms with E-state index in [2.05, 4.69) is 30.9 Å². The van der Waals surface area contributed by atoms with Crippen molar-refractivity contribution in [3.05, 3.63) is 35.9 Å². The van der Waals surface area contributed by atoms with Crippen LogP contribution in [0.1, 0.15) is 46.6 Å². The topological polar surface area (TPSA) is 32.8 Å². The number of likely N-dealkylation sites (tertiary alicyclic amines) is 1. The van der Waals surface area contributed by atoms with Crippen molar-refractivity contribution in [3.63, 3.8) is 0 Å². The fraction of sp³-hybridized carbons (Fsp3) is 0.650. The van der Waals surface area contributed by atoms with Gasteiger partial charge in [0.05, 0.1) is 6.04 Å². The second-order valence-electron chi connectivity index (χ2n) is 8.69. The van der Waals surface area contributed by atoms with Gasteiger partial charge in [0, 0.05) is 24.7 Å². The zero-order valence-electron chi connectivity index (χ0n) is 15.8. The number of benzene rings is 1. The number of alkyl halides is 1. The molecule has 1 amide bonds. The van der Waals surface area contributed by atoms with Gasteiger partial charge in [-0.15, -0.1) is 0 Å². The predicted octanol–water partition coefficient (Wildman–Crippen LogP) is 3.95. The molecule has 25 heavy (non-hydrogen) atoms. The Hall–Kier alpha value is -1.62. The van der Waals surface area contributed by atoms with Gasteiger partial charge in [-0.05, 0) is 46.6 Å². The molecule has 4 nitrogen and oxygen atoms in total. The third-order valence-corrected chi connectivity index (χ3v) is 5.28. The van der Waals surface area contributed by atoms with Crippen molar-refractivity contribution in [3.8, 4) is 0 Å². The lowest BCUT2D eigenvalue weighted by Gasteiger charge is -2.49. The maximum absolute atomic E-state index is 14.7. The molecule has 2 heterocycles. The largest absolute Gasteiger partial charge is 0.444 e. The van der Waals surface area contributed by atoms with Crippen LogP contribution in [0, 0.1) is 0 Å². The molecule has 2 fully saturated rings. The summed E-state index contributed by atoms with van der Waals surface area (Å²) in [5.41, 5.74) is 0.355. The number of rotatable bonds is 2. The molecule has 2 saturated heterocycles. The van der Waals surface area contributed by atoms with Crippen molar-refractivity contribution in [1.82, 2.24) is 9.80 Å². The Morgan fingerprint density at radius 1 is 1.12 bits per heavy atom. The number of nitrogens with zero attached hydrogens (tertiary/aromatic N) is 2.